The number of sulfonamides is 1. The third kappa shape index (κ3) is 2.25. The van der Waals surface area contributed by atoms with Crippen LogP contribution in [-0.4, -0.2) is 18.6 Å². The van der Waals surface area contributed by atoms with Crippen molar-refractivity contribution in [3.63, 3.8) is 0 Å². The van der Waals surface area contributed by atoms with Gasteiger partial charge in [0.2, 0.25) is 0 Å². The van der Waals surface area contributed by atoms with Crippen LogP contribution in [0.3, 0.4) is 0 Å². The second-order valence-electron chi connectivity index (χ2n) is 3.01. The minimum Gasteiger partial charge on any atom is -0.263 e. The SMILES string of the molecule is O=S(=O)(Nc1[nH]ncc1Br)c1ccccc1. The Bertz CT molecular complexity index is 580. The summed E-state index contributed by atoms with van der Waals surface area (Å²) >= 11 is 3.17. The maximum atomic E-state index is 11.9. The summed E-state index contributed by atoms with van der Waals surface area (Å²) in [6, 6.07) is 8.12. The van der Waals surface area contributed by atoms with E-state index in [1.807, 2.05) is 0 Å². The lowest BCUT2D eigenvalue weighted by atomic mass is 10.4. The van der Waals surface area contributed by atoms with Crippen molar-refractivity contribution in [3.05, 3.63) is 41.0 Å². The largest absolute Gasteiger partial charge is 0.263 e. The average Bonchev–Trinajstić information content (AvgIpc) is 2.65. The van der Waals surface area contributed by atoms with Crippen LogP contribution in [0.1, 0.15) is 0 Å². The molecule has 0 aliphatic carbocycles. The fourth-order valence-electron chi connectivity index (χ4n) is 1.14. The van der Waals surface area contributed by atoms with Gasteiger partial charge in [-0.3, -0.25) is 9.82 Å². The van der Waals surface area contributed by atoms with Crippen molar-refractivity contribution < 1.29 is 8.42 Å². The van der Waals surface area contributed by atoms with Crippen molar-refractivity contribution in [2.75, 3.05) is 4.72 Å². The number of H-pyrrole nitrogens is 1. The molecule has 7 heteroatoms. The molecule has 1 heterocycles. The first-order valence-corrected chi connectivity index (χ1v) is 6.64. The van der Waals surface area contributed by atoms with Crippen LogP contribution in [0, 0.1) is 0 Å². The summed E-state index contributed by atoms with van der Waals surface area (Å²) in [7, 11) is -3.56. The highest BCUT2D eigenvalue weighted by Crippen LogP contribution is 2.21. The lowest BCUT2D eigenvalue weighted by molar-refractivity contribution is 0.601. The highest BCUT2D eigenvalue weighted by atomic mass is 79.9. The summed E-state index contributed by atoms with van der Waals surface area (Å²) in [5.74, 6) is 0.309. The predicted molar refractivity (Wildman–Crippen MR) is 63.5 cm³/mol. The first-order chi connectivity index (χ1) is 7.59. The summed E-state index contributed by atoms with van der Waals surface area (Å²) in [6.07, 6.45) is 1.48. The Kier molecular flexibility index (Phi) is 2.97. The molecule has 0 fully saturated rings. The molecule has 0 radical (unpaired) electrons. The van der Waals surface area contributed by atoms with Crippen molar-refractivity contribution >= 4 is 31.8 Å². The minimum atomic E-state index is -3.56. The molecule has 0 atom stereocenters. The number of aromatic nitrogens is 2. The lowest BCUT2D eigenvalue weighted by Gasteiger charge is -2.05. The Morgan fingerprint density at radius 2 is 1.94 bits per heavy atom. The standard InChI is InChI=1S/C9H8BrN3O2S/c10-8-6-11-12-9(8)13-16(14,15)7-4-2-1-3-5-7/h1-6H,(H2,11,12,13). The number of halogens is 1. The zero-order valence-corrected chi connectivity index (χ0v) is 10.4. The molecule has 0 saturated heterocycles. The Morgan fingerprint density at radius 3 is 2.50 bits per heavy atom. The van der Waals surface area contributed by atoms with Crippen molar-refractivity contribution in [1.82, 2.24) is 10.2 Å². The zero-order valence-electron chi connectivity index (χ0n) is 8.01. The van der Waals surface area contributed by atoms with Gasteiger partial charge in [-0.05, 0) is 28.1 Å². The molecule has 0 aliphatic rings. The number of benzene rings is 1. The van der Waals surface area contributed by atoms with Gasteiger partial charge in [-0.15, -0.1) is 0 Å². The number of hydrogen-bond donors (Lipinski definition) is 2. The average molecular weight is 302 g/mol. The molecule has 0 saturated carbocycles. The van der Waals surface area contributed by atoms with Gasteiger partial charge in [0.25, 0.3) is 10.0 Å². The van der Waals surface area contributed by atoms with E-state index in [1.54, 1.807) is 18.2 Å². The van der Waals surface area contributed by atoms with Crippen LogP contribution >= 0.6 is 15.9 Å². The summed E-state index contributed by atoms with van der Waals surface area (Å²) in [6.45, 7) is 0. The highest BCUT2D eigenvalue weighted by molar-refractivity contribution is 9.10. The molecular formula is C9H8BrN3O2S. The fourth-order valence-corrected chi connectivity index (χ4v) is 2.61. The Balaban J connectivity index is 2.32. The molecule has 84 valence electrons. The smallest absolute Gasteiger partial charge is 0.263 e. The molecule has 16 heavy (non-hydrogen) atoms. The van der Waals surface area contributed by atoms with E-state index in [2.05, 4.69) is 30.8 Å². The number of nitrogens with one attached hydrogen (secondary N) is 2. The normalized spacial score (nSPS) is 11.3. The van der Waals surface area contributed by atoms with Crippen molar-refractivity contribution in [1.29, 1.82) is 0 Å². The van der Waals surface area contributed by atoms with E-state index in [9.17, 15) is 8.42 Å². The summed E-state index contributed by atoms with van der Waals surface area (Å²) in [4.78, 5) is 0.205. The quantitative estimate of drug-likeness (QED) is 0.910. The zero-order chi connectivity index (χ0) is 11.6. The van der Waals surface area contributed by atoms with Gasteiger partial charge in [0, 0.05) is 0 Å². The molecule has 2 N–H and O–H groups in total. The van der Waals surface area contributed by atoms with Gasteiger partial charge in [-0.2, -0.15) is 5.10 Å². The maximum Gasteiger partial charge on any atom is 0.263 e. The van der Waals surface area contributed by atoms with Gasteiger partial charge in [0.1, 0.15) is 5.82 Å². The first-order valence-electron chi connectivity index (χ1n) is 4.36. The summed E-state index contributed by atoms with van der Waals surface area (Å²) in [5.41, 5.74) is 0. The van der Waals surface area contributed by atoms with Gasteiger partial charge >= 0.3 is 0 Å². The van der Waals surface area contributed by atoms with E-state index in [4.69, 9.17) is 0 Å². The molecule has 1 aromatic carbocycles. The van der Waals surface area contributed by atoms with Gasteiger partial charge in [0.15, 0.2) is 0 Å². The van der Waals surface area contributed by atoms with E-state index in [1.165, 1.54) is 18.3 Å². The lowest BCUT2D eigenvalue weighted by Crippen LogP contribution is -2.13. The number of rotatable bonds is 3. The molecule has 0 spiro atoms. The Labute approximate surface area is 101 Å². The third-order valence-electron chi connectivity index (χ3n) is 1.88. The van der Waals surface area contributed by atoms with E-state index in [0.717, 1.165) is 0 Å². The molecule has 0 bridgehead atoms. The minimum absolute atomic E-state index is 0.205. The van der Waals surface area contributed by atoms with E-state index < -0.39 is 10.0 Å². The first kappa shape index (κ1) is 11.2. The monoisotopic (exact) mass is 301 g/mol. The van der Waals surface area contributed by atoms with Gasteiger partial charge in [0.05, 0.1) is 15.6 Å². The van der Waals surface area contributed by atoms with Crippen LogP contribution in [0.4, 0.5) is 5.82 Å². The molecule has 2 rings (SSSR count). The second-order valence-corrected chi connectivity index (χ2v) is 5.55. The van der Waals surface area contributed by atoms with Crippen LogP contribution in [0.2, 0.25) is 0 Å². The van der Waals surface area contributed by atoms with Crippen molar-refractivity contribution in [2.45, 2.75) is 4.90 Å². The highest BCUT2D eigenvalue weighted by Gasteiger charge is 2.15. The molecule has 0 unspecified atom stereocenters. The van der Waals surface area contributed by atoms with Crippen LogP contribution in [-0.2, 0) is 10.0 Å². The number of nitrogens with zero attached hydrogens (tertiary/aromatic N) is 1. The van der Waals surface area contributed by atoms with Gasteiger partial charge in [-0.25, -0.2) is 8.42 Å². The van der Waals surface area contributed by atoms with Crippen LogP contribution < -0.4 is 4.72 Å². The Hall–Kier alpha value is -1.34. The van der Waals surface area contributed by atoms with Gasteiger partial charge in [-0.1, -0.05) is 18.2 Å². The Morgan fingerprint density at radius 1 is 1.25 bits per heavy atom. The van der Waals surface area contributed by atoms with E-state index >= 15 is 0 Å². The van der Waals surface area contributed by atoms with Gasteiger partial charge < -0.3 is 0 Å². The maximum absolute atomic E-state index is 11.9. The summed E-state index contributed by atoms with van der Waals surface area (Å²) in [5, 5.41) is 6.24. The molecule has 0 amide bonds. The molecule has 2 aromatic rings. The van der Waals surface area contributed by atoms with Crippen LogP contribution in [0.5, 0.6) is 0 Å². The van der Waals surface area contributed by atoms with E-state index in [-0.39, 0.29) is 4.90 Å². The molecule has 0 aliphatic heterocycles. The molecule has 5 nitrogen and oxygen atoms in total. The topological polar surface area (TPSA) is 74.8 Å². The number of anilines is 1. The van der Waals surface area contributed by atoms with Crippen molar-refractivity contribution in [2.24, 2.45) is 0 Å². The van der Waals surface area contributed by atoms with Crippen molar-refractivity contribution in [3.8, 4) is 0 Å². The third-order valence-corrected chi connectivity index (χ3v) is 3.85. The second kappa shape index (κ2) is 4.26. The molecular weight excluding hydrogens is 294 g/mol. The summed E-state index contributed by atoms with van der Waals surface area (Å²) < 4.78 is 26.7. The molecule has 1 aromatic heterocycles. The van der Waals surface area contributed by atoms with E-state index in [0.29, 0.717) is 10.3 Å². The predicted octanol–water partition coefficient (Wildman–Crippen LogP) is 1.97. The number of aromatic amines is 1. The fraction of sp³-hybridized carbons (Fsp3) is 0. The number of hydrogen-bond acceptors (Lipinski definition) is 3. The van der Waals surface area contributed by atoms with Crippen LogP contribution in [0.15, 0.2) is 45.9 Å². The van der Waals surface area contributed by atoms with Crippen LogP contribution in [0.25, 0.3) is 0 Å².